The number of pyridine rings is 1. The second-order valence-corrected chi connectivity index (χ2v) is 3.52. The molecular formula is C13H11BN4. The minimum atomic E-state index is 0.345. The van der Waals surface area contributed by atoms with Gasteiger partial charge in [-0.2, -0.15) is 0 Å². The van der Waals surface area contributed by atoms with Crippen molar-refractivity contribution in [1.29, 1.82) is 0 Å². The Kier molecular flexibility index (Phi) is 3.53. The van der Waals surface area contributed by atoms with E-state index in [4.69, 9.17) is 7.85 Å². The van der Waals surface area contributed by atoms with Gasteiger partial charge in [0.1, 0.15) is 19.2 Å². The van der Waals surface area contributed by atoms with Crippen LogP contribution in [0.25, 0.3) is 11.2 Å². The average Bonchev–Trinajstić information content (AvgIpc) is 2.37. The third-order valence-electron chi connectivity index (χ3n) is 2.22. The Hall–Kier alpha value is -2.43. The van der Waals surface area contributed by atoms with Crippen LogP contribution in [0.3, 0.4) is 0 Å². The monoisotopic (exact) mass is 234 g/mol. The van der Waals surface area contributed by atoms with E-state index in [1.807, 2.05) is 12.1 Å². The molecule has 0 atom stereocenters. The lowest BCUT2D eigenvalue weighted by Gasteiger charge is -2.06. The largest absolute Gasteiger partial charge is 0.340 e. The second-order valence-electron chi connectivity index (χ2n) is 3.52. The summed E-state index contributed by atoms with van der Waals surface area (Å²) in [5.41, 5.74) is 2.34. The molecule has 2 rings (SSSR count). The van der Waals surface area contributed by atoms with Crippen LogP contribution in [0, 0.1) is 0 Å². The standard InChI is InChI=1S/C13H11BN4/c1-3-5-9(4-2)16-12-7-6-10-13(18-12)17-11(14)8-15-10/h3-8H,1-2H2,(H,16,17,18)/b9-5+. The zero-order chi connectivity index (χ0) is 13.0. The number of allylic oxidation sites excluding steroid dienone is 3. The molecule has 0 aliphatic rings. The van der Waals surface area contributed by atoms with E-state index in [0.717, 1.165) is 5.70 Å². The van der Waals surface area contributed by atoms with Crippen molar-refractivity contribution < 1.29 is 0 Å². The highest BCUT2D eigenvalue weighted by molar-refractivity contribution is 6.30. The van der Waals surface area contributed by atoms with Crippen molar-refractivity contribution in [3.05, 3.63) is 55.4 Å². The molecule has 0 amide bonds. The highest BCUT2D eigenvalue weighted by atomic mass is 15.0. The third kappa shape index (κ3) is 2.63. The molecule has 86 valence electrons. The maximum Gasteiger partial charge on any atom is 0.179 e. The predicted octanol–water partition coefficient (Wildman–Crippen LogP) is 1.49. The minimum Gasteiger partial charge on any atom is -0.340 e. The number of fused-ring (bicyclic) bond motifs is 1. The van der Waals surface area contributed by atoms with E-state index in [9.17, 15) is 0 Å². The van der Waals surface area contributed by atoms with Gasteiger partial charge in [-0.05, 0) is 24.3 Å². The Morgan fingerprint density at radius 2 is 2.11 bits per heavy atom. The molecule has 0 aromatic carbocycles. The number of hydrogen-bond donors (Lipinski definition) is 1. The van der Waals surface area contributed by atoms with Crippen LogP contribution in [0.15, 0.2) is 55.4 Å². The third-order valence-corrected chi connectivity index (χ3v) is 2.22. The molecule has 0 unspecified atom stereocenters. The van der Waals surface area contributed by atoms with Crippen LogP contribution in [-0.2, 0) is 0 Å². The Morgan fingerprint density at radius 3 is 2.83 bits per heavy atom. The van der Waals surface area contributed by atoms with Crippen LogP contribution >= 0.6 is 0 Å². The van der Waals surface area contributed by atoms with E-state index in [1.165, 1.54) is 6.20 Å². The van der Waals surface area contributed by atoms with Gasteiger partial charge in [0.05, 0.1) is 0 Å². The molecule has 18 heavy (non-hydrogen) atoms. The Bertz CT molecular complexity index is 634. The van der Waals surface area contributed by atoms with Gasteiger partial charge in [-0.3, -0.25) is 4.98 Å². The van der Waals surface area contributed by atoms with Crippen molar-refractivity contribution in [1.82, 2.24) is 15.0 Å². The molecule has 5 heteroatoms. The van der Waals surface area contributed by atoms with E-state index in [1.54, 1.807) is 18.2 Å². The van der Waals surface area contributed by atoms with Crippen molar-refractivity contribution >= 4 is 30.4 Å². The van der Waals surface area contributed by atoms with Gasteiger partial charge < -0.3 is 5.32 Å². The topological polar surface area (TPSA) is 50.7 Å². The highest BCUT2D eigenvalue weighted by Gasteiger charge is 2.01. The van der Waals surface area contributed by atoms with E-state index in [2.05, 4.69) is 33.4 Å². The molecule has 0 saturated carbocycles. The lowest BCUT2D eigenvalue weighted by atomic mass is 10.1. The Morgan fingerprint density at radius 1 is 1.28 bits per heavy atom. The first-order valence-corrected chi connectivity index (χ1v) is 5.34. The van der Waals surface area contributed by atoms with Crippen LogP contribution in [0.2, 0.25) is 0 Å². The van der Waals surface area contributed by atoms with Gasteiger partial charge in [0.25, 0.3) is 0 Å². The number of aromatic nitrogens is 3. The van der Waals surface area contributed by atoms with Crippen LogP contribution < -0.4 is 10.9 Å². The smallest absolute Gasteiger partial charge is 0.179 e. The lowest BCUT2D eigenvalue weighted by molar-refractivity contribution is 1.24. The van der Waals surface area contributed by atoms with Crippen LogP contribution in [-0.4, -0.2) is 22.8 Å². The number of anilines is 1. The maximum absolute atomic E-state index is 5.57. The van der Waals surface area contributed by atoms with Crippen molar-refractivity contribution in [2.24, 2.45) is 0 Å². The molecule has 0 aliphatic carbocycles. The van der Waals surface area contributed by atoms with E-state index in [-0.39, 0.29) is 0 Å². The summed E-state index contributed by atoms with van der Waals surface area (Å²) >= 11 is 0. The SMILES string of the molecule is [B]c1cnc2ccc(N/C(C=C)=C/C=C)nc2n1. The summed E-state index contributed by atoms with van der Waals surface area (Å²) < 4.78 is 0. The summed E-state index contributed by atoms with van der Waals surface area (Å²) in [6, 6.07) is 3.64. The molecule has 0 spiro atoms. The summed E-state index contributed by atoms with van der Waals surface area (Å²) in [6.07, 6.45) is 6.65. The maximum atomic E-state index is 5.57. The molecule has 0 saturated heterocycles. The summed E-state index contributed by atoms with van der Waals surface area (Å²) in [7, 11) is 5.57. The number of nitrogens with one attached hydrogen (secondary N) is 1. The molecule has 2 aromatic heterocycles. The van der Waals surface area contributed by atoms with Gasteiger partial charge >= 0.3 is 0 Å². The summed E-state index contributed by atoms with van der Waals surface area (Å²) in [5, 5.41) is 3.09. The van der Waals surface area contributed by atoms with Gasteiger partial charge in [0.2, 0.25) is 0 Å². The van der Waals surface area contributed by atoms with Crippen LogP contribution in [0.5, 0.6) is 0 Å². The van der Waals surface area contributed by atoms with Crippen molar-refractivity contribution in [2.45, 2.75) is 0 Å². The second kappa shape index (κ2) is 5.27. The zero-order valence-corrected chi connectivity index (χ0v) is 9.80. The average molecular weight is 234 g/mol. The number of hydrogen-bond acceptors (Lipinski definition) is 4. The van der Waals surface area contributed by atoms with Crippen molar-refractivity contribution in [3.8, 4) is 0 Å². The van der Waals surface area contributed by atoms with E-state index >= 15 is 0 Å². The van der Waals surface area contributed by atoms with E-state index < -0.39 is 0 Å². The van der Waals surface area contributed by atoms with Gasteiger partial charge in [0, 0.05) is 17.5 Å². The van der Waals surface area contributed by atoms with Gasteiger partial charge in [-0.1, -0.05) is 19.2 Å². The Balaban J connectivity index is 2.37. The fourth-order valence-electron chi connectivity index (χ4n) is 1.42. The summed E-state index contributed by atoms with van der Waals surface area (Å²) in [5.74, 6) is 0.649. The quantitative estimate of drug-likeness (QED) is 0.643. The van der Waals surface area contributed by atoms with Crippen molar-refractivity contribution in [3.63, 3.8) is 0 Å². The minimum absolute atomic E-state index is 0.345. The molecular weight excluding hydrogens is 223 g/mol. The molecule has 4 nitrogen and oxygen atoms in total. The number of rotatable bonds is 4. The molecule has 2 radical (unpaired) electrons. The first kappa shape index (κ1) is 12.0. The predicted molar refractivity (Wildman–Crippen MR) is 74.8 cm³/mol. The summed E-state index contributed by atoms with van der Waals surface area (Å²) in [4.78, 5) is 12.6. The fourth-order valence-corrected chi connectivity index (χ4v) is 1.42. The van der Waals surface area contributed by atoms with Gasteiger partial charge in [0.15, 0.2) is 5.65 Å². The van der Waals surface area contributed by atoms with E-state index in [0.29, 0.717) is 22.6 Å². The summed E-state index contributed by atoms with van der Waals surface area (Å²) in [6.45, 7) is 7.33. The highest BCUT2D eigenvalue weighted by Crippen LogP contribution is 2.12. The fraction of sp³-hybridized carbons (Fsp3) is 0. The zero-order valence-electron chi connectivity index (χ0n) is 9.80. The van der Waals surface area contributed by atoms with Gasteiger partial charge in [-0.25, -0.2) is 9.97 Å². The normalized spacial score (nSPS) is 11.2. The Labute approximate surface area is 107 Å². The first-order chi connectivity index (χ1) is 8.72. The molecule has 1 N–H and O–H groups in total. The molecule has 2 heterocycles. The van der Waals surface area contributed by atoms with Gasteiger partial charge in [-0.15, -0.1) is 0 Å². The molecule has 0 aliphatic heterocycles. The number of nitrogens with zero attached hydrogens (tertiary/aromatic N) is 3. The van der Waals surface area contributed by atoms with Crippen LogP contribution in [0.1, 0.15) is 0 Å². The lowest BCUT2D eigenvalue weighted by Crippen LogP contribution is -2.10. The van der Waals surface area contributed by atoms with Crippen molar-refractivity contribution in [2.75, 3.05) is 5.32 Å². The molecule has 0 bridgehead atoms. The van der Waals surface area contributed by atoms with Crippen LogP contribution in [0.4, 0.5) is 5.82 Å². The first-order valence-electron chi connectivity index (χ1n) is 5.34. The molecule has 2 aromatic rings. The molecule has 0 fully saturated rings.